The molecule has 0 atom stereocenters. The van der Waals surface area contributed by atoms with Crippen LogP contribution < -0.4 is 14.8 Å². The summed E-state index contributed by atoms with van der Waals surface area (Å²) in [5, 5.41) is 10.5. The van der Waals surface area contributed by atoms with Crippen molar-refractivity contribution in [1.29, 1.82) is 0 Å². The molecule has 3 rings (SSSR count). The highest BCUT2D eigenvalue weighted by Gasteiger charge is 2.16. The van der Waals surface area contributed by atoms with Crippen LogP contribution in [0.2, 0.25) is 0 Å². The molecule has 7 nitrogen and oxygen atoms in total. The van der Waals surface area contributed by atoms with Crippen LogP contribution in [0.5, 0.6) is 11.5 Å². The zero-order valence-electron chi connectivity index (χ0n) is 15.2. The van der Waals surface area contributed by atoms with Crippen molar-refractivity contribution < 1.29 is 18.7 Å². The molecule has 8 heteroatoms. The van der Waals surface area contributed by atoms with Gasteiger partial charge in [-0.25, -0.2) is 0 Å². The monoisotopic (exact) mass is 385 g/mol. The Morgan fingerprint density at radius 3 is 2.56 bits per heavy atom. The summed E-state index contributed by atoms with van der Waals surface area (Å²) in [6, 6.07) is 12.6. The number of rotatable bonds is 7. The topological polar surface area (TPSA) is 86.5 Å². The van der Waals surface area contributed by atoms with Crippen molar-refractivity contribution in [1.82, 2.24) is 10.2 Å². The molecule has 0 spiro atoms. The molecule has 140 valence electrons. The lowest BCUT2D eigenvalue weighted by Gasteiger charge is -2.07. The fraction of sp³-hybridized carbons (Fsp3) is 0.211. The van der Waals surface area contributed by atoms with Gasteiger partial charge in [0.2, 0.25) is 0 Å². The van der Waals surface area contributed by atoms with Gasteiger partial charge in [-0.05, 0) is 42.2 Å². The summed E-state index contributed by atoms with van der Waals surface area (Å²) in [7, 11) is 3.11. The fourth-order valence-electron chi connectivity index (χ4n) is 2.40. The minimum Gasteiger partial charge on any atom is -0.497 e. The largest absolute Gasteiger partial charge is 0.497 e. The van der Waals surface area contributed by atoms with E-state index in [2.05, 4.69) is 22.4 Å². The Kier molecular flexibility index (Phi) is 5.97. The van der Waals surface area contributed by atoms with E-state index in [1.807, 2.05) is 12.1 Å². The number of carbonyl (C=O) groups excluding carboxylic acids is 1. The van der Waals surface area contributed by atoms with E-state index in [4.69, 9.17) is 13.9 Å². The number of ether oxygens (including phenoxy) is 2. The number of aromatic nitrogens is 2. The van der Waals surface area contributed by atoms with E-state index in [9.17, 15) is 4.79 Å². The number of amides is 1. The van der Waals surface area contributed by atoms with Gasteiger partial charge in [0.15, 0.2) is 0 Å². The second kappa shape index (κ2) is 8.59. The van der Waals surface area contributed by atoms with Crippen LogP contribution in [0.4, 0.5) is 6.01 Å². The lowest BCUT2D eigenvalue weighted by molar-refractivity contribution is 0.102. The van der Waals surface area contributed by atoms with Crippen molar-refractivity contribution in [2.24, 2.45) is 0 Å². The highest BCUT2D eigenvalue weighted by molar-refractivity contribution is 7.99. The molecule has 1 heterocycles. The second-order valence-electron chi connectivity index (χ2n) is 5.39. The minimum atomic E-state index is -0.319. The average Bonchev–Trinajstić information content (AvgIpc) is 3.16. The zero-order chi connectivity index (χ0) is 19.2. The molecule has 2 aromatic carbocycles. The van der Waals surface area contributed by atoms with E-state index in [-0.39, 0.29) is 17.8 Å². The van der Waals surface area contributed by atoms with Crippen LogP contribution in [-0.4, -0.2) is 36.1 Å². The molecule has 0 aliphatic heterocycles. The summed E-state index contributed by atoms with van der Waals surface area (Å²) in [6.45, 7) is 2.08. The Bertz CT molecular complexity index is 925. The number of methoxy groups -OCH3 is 2. The molecule has 0 bridgehead atoms. The highest BCUT2D eigenvalue weighted by atomic mass is 32.2. The molecule has 0 saturated heterocycles. The minimum absolute atomic E-state index is 0.0138. The predicted molar refractivity (Wildman–Crippen MR) is 104 cm³/mol. The molecule has 1 amide bonds. The maximum absolute atomic E-state index is 12.3. The van der Waals surface area contributed by atoms with Gasteiger partial charge < -0.3 is 13.9 Å². The Labute approximate surface area is 161 Å². The Hall–Kier alpha value is -3.00. The van der Waals surface area contributed by atoms with Crippen LogP contribution in [0.15, 0.2) is 51.8 Å². The second-order valence-corrected chi connectivity index (χ2v) is 6.73. The maximum Gasteiger partial charge on any atom is 0.322 e. The van der Waals surface area contributed by atoms with E-state index in [1.54, 1.807) is 49.2 Å². The summed E-state index contributed by atoms with van der Waals surface area (Å²) >= 11 is 1.71. The van der Waals surface area contributed by atoms with Crippen LogP contribution >= 0.6 is 11.8 Å². The standard InChI is InChI=1S/C19H19N3O4S/c1-4-27-14-8-5-12(6-9-14)17(23)20-19-22-21-18(26-19)15-10-7-13(24-2)11-16(15)25-3/h5-11H,4H2,1-3H3,(H,20,22,23). The van der Waals surface area contributed by atoms with Crippen molar-refractivity contribution in [2.45, 2.75) is 11.8 Å². The van der Waals surface area contributed by atoms with Crippen LogP contribution in [0, 0.1) is 0 Å². The van der Waals surface area contributed by atoms with Crippen LogP contribution in [0.1, 0.15) is 17.3 Å². The number of nitrogens with zero attached hydrogens (tertiary/aromatic N) is 2. The fourth-order valence-corrected chi connectivity index (χ4v) is 3.06. The smallest absolute Gasteiger partial charge is 0.322 e. The molecule has 27 heavy (non-hydrogen) atoms. The molecular formula is C19H19N3O4S. The molecule has 0 aliphatic carbocycles. The van der Waals surface area contributed by atoms with Gasteiger partial charge in [0.05, 0.1) is 19.8 Å². The van der Waals surface area contributed by atoms with Gasteiger partial charge >= 0.3 is 6.01 Å². The van der Waals surface area contributed by atoms with E-state index in [0.29, 0.717) is 22.6 Å². The number of nitrogens with one attached hydrogen (secondary N) is 1. The van der Waals surface area contributed by atoms with E-state index < -0.39 is 0 Å². The molecule has 1 N–H and O–H groups in total. The molecule has 3 aromatic rings. The normalized spacial score (nSPS) is 10.5. The SMILES string of the molecule is CCSc1ccc(C(=O)Nc2nnc(-c3ccc(OC)cc3OC)o2)cc1. The summed E-state index contributed by atoms with van der Waals surface area (Å²) < 4.78 is 16.1. The number of thioether (sulfide) groups is 1. The van der Waals surface area contributed by atoms with Crippen molar-refractivity contribution in [2.75, 3.05) is 25.3 Å². The first kappa shape index (κ1) is 18.8. The van der Waals surface area contributed by atoms with E-state index in [1.165, 1.54) is 7.11 Å². The summed E-state index contributed by atoms with van der Waals surface area (Å²) in [5.74, 6) is 2.07. The Balaban J connectivity index is 1.75. The Morgan fingerprint density at radius 2 is 1.89 bits per heavy atom. The van der Waals surface area contributed by atoms with E-state index >= 15 is 0 Å². The number of carbonyl (C=O) groups is 1. The average molecular weight is 385 g/mol. The molecular weight excluding hydrogens is 366 g/mol. The van der Waals surface area contributed by atoms with Crippen molar-refractivity contribution in [3.63, 3.8) is 0 Å². The van der Waals surface area contributed by atoms with Crippen LogP contribution in [0.3, 0.4) is 0 Å². The highest BCUT2D eigenvalue weighted by Crippen LogP contribution is 2.33. The molecule has 0 unspecified atom stereocenters. The van der Waals surface area contributed by atoms with Crippen LogP contribution in [-0.2, 0) is 0 Å². The lowest BCUT2D eigenvalue weighted by Crippen LogP contribution is -2.11. The lowest BCUT2D eigenvalue weighted by atomic mass is 10.2. The van der Waals surface area contributed by atoms with Gasteiger partial charge in [0.1, 0.15) is 11.5 Å². The number of anilines is 1. The van der Waals surface area contributed by atoms with Gasteiger partial charge in [0, 0.05) is 16.5 Å². The van der Waals surface area contributed by atoms with Gasteiger partial charge in [-0.2, -0.15) is 0 Å². The number of benzene rings is 2. The third-order valence-electron chi connectivity index (χ3n) is 3.71. The zero-order valence-corrected chi connectivity index (χ0v) is 16.0. The quantitative estimate of drug-likeness (QED) is 0.612. The summed E-state index contributed by atoms with van der Waals surface area (Å²) in [4.78, 5) is 13.5. The van der Waals surface area contributed by atoms with Gasteiger partial charge in [-0.3, -0.25) is 10.1 Å². The molecule has 0 saturated carbocycles. The van der Waals surface area contributed by atoms with E-state index in [0.717, 1.165) is 10.6 Å². The first-order valence-corrected chi connectivity index (χ1v) is 9.23. The van der Waals surface area contributed by atoms with Crippen molar-refractivity contribution in [3.8, 4) is 23.0 Å². The van der Waals surface area contributed by atoms with Crippen LogP contribution in [0.25, 0.3) is 11.5 Å². The molecule has 0 fully saturated rings. The predicted octanol–water partition coefficient (Wildman–Crippen LogP) is 4.12. The Morgan fingerprint density at radius 1 is 1.11 bits per heavy atom. The summed E-state index contributed by atoms with van der Waals surface area (Å²) in [6.07, 6.45) is 0. The first-order valence-electron chi connectivity index (χ1n) is 8.24. The third kappa shape index (κ3) is 4.40. The van der Waals surface area contributed by atoms with Crippen molar-refractivity contribution >= 4 is 23.7 Å². The van der Waals surface area contributed by atoms with Gasteiger partial charge in [-0.15, -0.1) is 16.9 Å². The van der Waals surface area contributed by atoms with Gasteiger partial charge in [0.25, 0.3) is 11.8 Å². The number of hydrogen-bond acceptors (Lipinski definition) is 7. The molecule has 1 aromatic heterocycles. The maximum atomic E-state index is 12.3. The number of hydrogen-bond donors (Lipinski definition) is 1. The third-order valence-corrected chi connectivity index (χ3v) is 4.61. The molecule has 0 aliphatic rings. The van der Waals surface area contributed by atoms with Crippen molar-refractivity contribution in [3.05, 3.63) is 48.0 Å². The molecule has 0 radical (unpaired) electrons. The first-order chi connectivity index (χ1) is 13.1. The van der Waals surface area contributed by atoms with Gasteiger partial charge in [-0.1, -0.05) is 12.0 Å². The summed E-state index contributed by atoms with van der Waals surface area (Å²) in [5.41, 5.74) is 1.12.